The van der Waals surface area contributed by atoms with Gasteiger partial charge in [0.1, 0.15) is 18.0 Å². The van der Waals surface area contributed by atoms with Crippen molar-refractivity contribution >= 4 is 39.8 Å². The molecule has 1 spiro atoms. The maximum atomic E-state index is 13.9. The molecule has 2 aromatic carbocycles. The molecular weight excluding hydrogens is 609 g/mol. The molecule has 0 unspecified atom stereocenters. The number of aromatic nitrogens is 2. The first-order chi connectivity index (χ1) is 22.3. The van der Waals surface area contributed by atoms with Crippen LogP contribution in [0.5, 0.6) is 6.01 Å². The molecule has 2 atom stereocenters. The van der Waals surface area contributed by atoms with Crippen LogP contribution in [0.2, 0.25) is 5.02 Å². The van der Waals surface area contributed by atoms with Gasteiger partial charge in [0.05, 0.1) is 42.5 Å². The lowest BCUT2D eigenvalue weighted by Gasteiger charge is -2.54. The van der Waals surface area contributed by atoms with Crippen LogP contribution in [0, 0.1) is 11.3 Å². The number of ether oxygens (including phenoxy) is 2. The summed E-state index contributed by atoms with van der Waals surface area (Å²) in [5.74, 6) is -1.07. The van der Waals surface area contributed by atoms with Crippen LogP contribution in [0.15, 0.2) is 48.8 Å². The summed E-state index contributed by atoms with van der Waals surface area (Å²) >= 11 is 6.80. The topological polar surface area (TPSA) is 98.1 Å². The van der Waals surface area contributed by atoms with Crippen molar-refractivity contribution in [2.45, 2.75) is 43.3 Å². The van der Waals surface area contributed by atoms with E-state index in [9.17, 15) is 14.4 Å². The third-order valence-electron chi connectivity index (χ3n) is 9.99. The van der Waals surface area contributed by atoms with Crippen LogP contribution >= 0.6 is 11.6 Å². The molecule has 4 aliphatic heterocycles. The Bertz CT molecular complexity index is 1720. The molecule has 3 saturated heterocycles. The van der Waals surface area contributed by atoms with Gasteiger partial charge in [0.2, 0.25) is 0 Å². The molecule has 5 heterocycles. The predicted octanol–water partition coefficient (Wildman–Crippen LogP) is 4.46. The summed E-state index contributed by atoms with van der Waals surface area (Å²) in [5, 5.41) is 12.3. The van der Waals surface area contributed by atoms with Gasteiger partial charge in [0.25, 0.3) is 5.91 Å². The lowest BCUT2D eigenvalue weighted by Crippen LogP contribution is -2.63. The maximum absolute atomic E-state index is 13.9. The normalized spacial score (nSPS) is 22.4. The Labute approximate surface area is 272 Å². The highest BCUT2D eigenvalue weighted by molar-refractivity contribution is 6.36. The smallest absolute Gasteiger partial charge is 0.318 e. The summed E-state index contributed by atoms with van der Waals surface area (Å²) in [6, 6.07) is 14.4. The second-order valence-corrected chi connectivity index (χ2v) is 13.1. The minimum atomic E-state index is -1.02. The molecular formula is C34H37ClFN7O3. The van der Waals surface area contributed by atoms with E-state index in [1.165, 1.54) is 4.90 Å². The quantitative estimate of drug-likeness (QED) is 0.345. The molecule has 3 aromatic rings. The molecule has 12 heteroatoms. The number of amides is 1. The molecule has 0 saturated carbocycles. The predicted molar refractivity (Wildman–Crippen MR) is 174 cm³/mol. The number of nitriles is 1. The van der Waals surface area contributed by atoms with Crippen LogP contribution in [0.4, 0.5) is 15.9 Å². The van der Waals surface area contributed by atoms with Crippen LogP contribution in [0.3, 0.4) is 0 Å². The number of halogens is 2. The molecule has 1 amide bonds. The molecule has 0 N–H and O–H groups in total. The van der Waals surface area contributed by atoms with E-state index in [1.54, 1.807) is 0 Å². The van der Waals surface area contributed by atoms with Crippen molar-refractivity contribution in [3.05, 3.63) is 65.1 Å². The molecule has 7 rings (SSSR count). The first-order valence-electron chi connectivity index (χ1n) is 15.8. The third kappa shape index (κ3) is 5.22. The number of likely N-dealkylation sites (N-methyl/N-ethyl adjacent to an activating group) is 1. The Hall–Kier alpha value is -3.98. The van der Waals surface area contributed by atoms with E-state index in [1.807, 2.05) is 12.1 Å². The number of likely N-dealkylation sites (tertiary alicyclic amines) is 1. The van der Waals surface area contributed by atoms with E-state index in [-0.39, 0.29) is 19.0 Å². The van der Waals surface area contributed by atoms with Gasteiger partial charge in [0, 0.05) is 48.9 Å². The molecule has 0 bridgehead atoms. The fourth-order valence-electron chi connectivity index (χ4n) is 7.51. The zero-order valence-electron chi connectivity index (χ0n) is 25.9. The van der Waals surface area contributed by atoms with E-state index in [0.717, 1.165) is 52.9 Å². The first-order valence-corrected chi connectivity index (χ1v) is 16.2. The van der Waals surface area contributed by atoms with Gasteiger partial charge in [-0.1, -0.05) is 42.4 Å². The number of nitrogens with zero attached hydrogens (tertiary/aromatic N) is 7. The second kappa shape index (κ2) is 12.3. The second-order valence-electron chi connectivity index (χ2n) is 12.7. The average Bonchev–Trinajstić information content (AvgIpc) is 3.45. The Morgan fingerprint density at radius 1 is 1.17 bits per heavy atom. The molecule has 4 aliphatic rings. The molecule has 10 nitrogen and oxygen atoms in total. The highest BCUT2D eigenvalue weighted by Gasteiger charge is 2.52. The summed E-state index contributed by atoms with van der Waals surface area (Å²) in [6.45, 7) is 7.26. The number of rotatable bonds is 7. The van der Waals surface area contributed by atoms with E-state index >= 15 is 0 Å². The van der Waals surface area contributed by atoms with E-state index in [2.05, 4.69) is 58.7 Å². The molecule has 0 radical (unpaired) electrons. The molecule has 0 aliphatic carbocycles. The molecule has 3 fully saturated rings. The van der Waals surface area contributed by atoms with Gasteiger partial charge in [-0.25, -0.2) is 4.39 Å². The Morgan fingerprint density at radius 2 is 1.98 bits per heavy atom. The van der Waals surface area contributed by atoms with Gasteiger partial charge < -0.3 is 29.1 Å². The lowest BCUT2D eigenvalue weighted by molar-refractivity contribution is -0.131. The minimum Gasteiger partial charge on any atom is -0.462 e. The summed E-state index contributed by atoms with van der Waals surface area (Å²) in [7, 11) is 2.11. The average molecular weight is 646 g/mol. The zero-order valence-corrected chi connectivity index (χ0v) is 26.7. The van der Waals surface area contributed by atoms with Crippen molar-refractivity contribution in [1.29, 1.82) is 5.26 Å². The number of anilines is 2. The Kier molecular flexibility index (Phi) is 8.21. The van der Waals surface area contributed by atoms with Gasteiger partial charge in [-0.15, -0.1) is 0 Å². The van der Waals surface area contributed by atoms with Crippen molar-refractivity contribution in [1.82, 2.24) is 19.8 Å². The highest BCUT2D eigenvalue weighted by Crippen LogP contribution is 2.48. The van der Waals surface area contributed by atoms with Gasteiger partial charge >= 0.3 is 6.01 Å². The monoisotopic (exact) mass is 645 g/mol. The van der Waals surface area contributed by atoms with E-state index < -0.39 is 23.3 Å². The third-order valence-corrected chi connectivity index (χ3v) is 10.3. The number of hydrogen-bond acceptors (Lipinski definition) is 9. The van der Waals surface area contributed by atoms with Gasteiger partial charge in [-0.3, -0.25) is 4.79 Å². The largest absolute Gasteiger partial charge is 0.462 e. The van der Waals surface area contributed by atoms with Crippen molar-refractivity contribution in [2.24, 2.45) is 0 Å². The summed E-state index contributed by atoms with van der Waals surface area (Å²) in [6.07, 6.45) is 2.89. The summed E-state index contributed by atoms with van der Waals surface area (Å²) in [4.78, 5) is 30.9. The number of hydrogen-bond donors (Lipinski definition) is 0. The van der Waals surface area contributed by atoms with Crippen LogP contribution in [-0.4, -0.2) is 97.4 Å². The van der Waals surface area contributed by atoms with E-state index in [4.69, 9.17) is 31.0 Å². The first kappa shape index (κ1) is 30.7. The van der Waals surface area contributed by atoms with Crippen molar-refractivity contribution in [3.8, 4) is 12.1 Å². The van der Waals surface area contributed by atoms with Crippen LogP contribution in [0.1, 0.15) is 30.5 Å². The van der Waals surface area contributed by atoms with Gasteiger partial charge in [-0.05, 0) is 50.4 Å². The highest BCUT2D eigenvalue weighted by atomic mass is 35.5. The van der Waals surface area contributed by atoms with Gasteiger partial charge in [-0.2, -0.15) is 15.2 Å². The van der Waals surface area contributed by atoms with Gasteiger partial charge in [0.15, 0.2) is 5.83 Å². The fraction of sp³-hybridized carbons (Fsp3) is 0.471. The number of fused-ring (bicyclic) bond motifs is 3. The minimum absolute atomic E-state index is 0.0631. The number of carbonyl (C=O) groups excluding carboxylic acids is 1. The lowest BCUT2D eigenvalue weighted by atomic mass is 9.81. The number of carbonyl (C=O) groups is 1. The maximum Gasteiger partial charge on any atom is 0.318 e. The Balaban J connectivity index is 1.30. The van der Waals surface area contributed by atoms with Crippen LogP contribution in [-0.2, 0) is 21.5 Å². The summed E-state index contributed by atoms with van der Waals surface area (Å²) < 4.78 is 26.2. The molecule has 240 valence electrons. The molecule has 1 aromatic heterocycles. The summed E-state index contributed by atoms with van der Waals surface area (Å²) in [5.41, 5.74) is 2.33. The van der Waals surface area contributed by atoms with Crippen molar-refractivity contribution < 1.29 is 18.7 Å². The zero-order chi connectivity index (χ0) is 32.0. The van der Waals surface area contributed by atoms with Crippen molar-refractivity contribution in [2.75, 3.05) is 69.4 Å². The van der Waals surface area contributed by atoms with Crippen LogP contribution in [0.25, 0.3) is 10.8 Å². The van der Waals surface area contributed by atoms with E-state index in [0.29, 0.717) is 56.9 Å². The van der Waals surface area contributed by atoms with Crippen LogP contribution < -0.4 is 14.5 Å². The van der Waals surface area contributed by atoms with Crippen molar-refractivity contribution in [3.63, 3.8) is 0 Å². The Morgan fingerprint density at radius 3 is 2.67 bits per heavy atom. The number of piperazine rings is 1. The standard InChI is InChI=1S/C34H37ClFN7O3/c1-22(36)32(44)42-17-16-41(18-24(42)11-13-37)31-26-12-15-43(28-10-4-7-23-6-3-9-27(35)29(23)28)34(20-45-21-34)30(26)38-33(39-31)46-19-25-8-5-14-40(25)2/h3-4,6-7,9-10,24-25H,1,5,8,11-12,14-21H2,2H3/t24-,25-/m0/s1. The number of benzene rings is 2. The fourth-order valence-corrected chi connectivity index (χ4v) is 7.79. The SMILES string of the molecule is C=C(F)C(=O)N1CCN(c2nc(OC[C@@H]3CCCN3C)nc3c2CCN(c2cccc4cccc(Cl)c24)C32COC2)C[C@@H]1CC#N. The molecule has 46 heavy (non-hydrogen) atoms.